The van der Waals surface area contributed by atoms with Crippen molar-refractivity contribution in [1.82, 2.24) is 0 Å². The van der Waals surface area contributed by atoms with Crippen LogP contribution in [0.1, 0.15) is 0 Å². The Morgan fingerprint density at radius 3 is 2.65 bits per heavy atom. The van der Waals surface area contributed by atoms with Gasteiger partial charge in [-0.05, 0) is 30.3 Å². The molecular formula is C15H16N2O3. The molecule has 0 saturated heterocycles. The molecule has 0 aliphatic heterocycles. The SMILES string of the molecule is COc1cccc(OCC(=O)Nc2cccc(N)c2)c1. The van der Waals surface area contributed by atoms with Gasteiger partial charge in [-0.3, -0.25) is 4.79 Å². The number of nitrogens with two attached hydrogens (primary N) is 1. The lowest BCUT2D eigenvalue weighted by Gasteiger charge is -2.08. The third kappa shape index (κ3) is 3.91. The number of hydrogen-bond donors (Lipinski definition) is 2. The minimum atomic E-state index is -0.251. The molecule has 0 heterocycles. The van der Waals surface area contributed by atoms with Crippen molar-refractivity contribution in [2.75, 3.05) is 24.8 Å². The maximum Gasteiger partial charge on any atom is 0.262 e. The highest BCUT2D eigenvalue weighted by Crippen LogP contribution is 2.18. The summed E-state index contributed by atoms with van der Waals surface area (Å²) in [6.07, 6.45) is 0. The average Bonchev–Trinajstić information content (AvgIpc) is 2.45. The first kappa shape index (κ1) is 13.7. The van der Waals surface area contributed by atoms with Gasteiger partial charge in [-0.15, -0.1) is 0 Å². The molecular weight excluding hydrogens is 256 g/mol. The van der Waals surface area contributed by atoms with Crippen LogP contribution >= 0.6 is 0 Å². The molecule has 104 valence electrons. The number of nitrogen functional groups attached to an aromatic ring is 1. The summed E-state index contributed by atoms with van der Waals surface area (Å²) in [6.45, 7) is -0.0814. The maximum atomic E-state index is 11.7. The third-order valence-corrected chi connectivity index (χ3v) is 2.58. The summed E-state index contributed by atoms with van der Waals surface area (Å²) in [5, 5.41) is 2.71. The highest BCUT2D eigenvalue weighted by molar-refractivity contribution is 5.92. The number of nitrogens with one attached hydrogen (secondary N) is 1. The summed E-state index contributed by atoms with van der Waals surface area (Å²) in [6, 6.07) is 14.0. The van der Waals surface area contributed by atoms with Crippen molar-refractivity contribution in [1.29, 1.82) is 0 Å². The topological polar surface area (TPSA) is 73.6 Å². The first-order valence-corrected chi connectivity index (χ1v) is 6.09. The number of benzene rings is 2. The van der Waals surface area contributed by atoms with Gasteiger partial charge in [-0.1, -0.05) is 12.1 Å². The van der Waals surface area contributed by atoms with Gasteiger partial charge in [0, 0.05) is 17.4 Å². The molecule has 20 heavy (non-hydrogen) atoms. The molecule has 0 unspecified atom stereocenters. The van der Waals surface area contributed by atoms with Crippen molar-refractivity contribution < 1.29 is 14.3 Å². The quantitative estimate of drug-likeness (QED) is 0.819. The predicted octanol–water partition coefficient (Wildman–Crippen LogP) is 2.29. The lowest BCUT2D eigenvalue weighted by atomic mass is 10.3. The second-order valence-corrected chi connectivity index (χ2v) is 4.14. The van der Waals surface area contributed by atoms with Crippen LogP contribution in [0.5, 0.6) is 11.5 Å². The molecule has 0 bridgehead atoms. The molecule has 2 aromatic carbocycles. The number of rotatable bonds is 5. The summed E-state index contributed by atoms with van der Waals surface area (Å²) >= 11 is 0. The van der Waals surface area contributed by atoms with Crippen LogP contribution in [0.2, 0.25) is 0 Å². The van der Waals surface area contributed by atoms with Crippen molar-refractivity contribution in [2.24, 2.45) is 0 Å². The number of anilines is 2. The zero-order valence-corrected chi connectivity index (χ0v) is 11.1. The molecule has 0 radical (unpaired) electrons. The fourth-order valence-corrected chi connectivity index (χ4v) is 1.65. The van der Waals surface area contributed by atoms with Gasteiger partial charge >= 0.3 is 0 Å². The summed E-state index contributed by atoms with van der Waals surface area (Å²) < 4.78 is 10.5. The van der Waals surface area contributed by atoms with E-state index in [-0.39, 0.29) is 12.5 Å². The van der Waals surface area contributed by atoms with Gasteiger partial charge in [0.05, 0.1) is 7.11 Å². The van der Waals surface area contributed by atoms with Crippen LogP contribution < -0.4 is 20.5 Å². The van der Waals surface area contributed by atoms with Crippen molar-refractivity contribution in [3.63, 3.8) is 0 Å². The highest BCUT2D eigenvalue weighted by Gasteiger charge is 2.04. The monoisotopic (exact) mass is 272 g/mol. The Bertz CT molecular complexity index is 599. The van der Waals surface area contributed by atoms with E-state index in [2.05, 4.69) is 5.32 Å². The maximum absolute atomic E-state index is 11.7. The van der Waals surface area contributed by atoms with Gasteiger partial charge in [0.2, 0.25) is 0 Å². The first-order chi connectivity index (χ1) is 9.67. The number of carbonyl (C=O) groups excluding carboxylic acids is 1. The molecule has 0 saturated carbocycles. The fraction of sp³-hybridized carbons (Fsp3) is 0.133. The van der Waals surface area contributed by atoms with Gasteiger partial charge in [0.15, 0.2) is 6.61 Å². The Morgan fingerprint density at radius 1 is 1.15 bits per heavy atom. The molecule has 0 spiro atoms. The molecule has 1 amide bonds. The molecule has 5 nitrogen and oxygen atoms in total. The standard InChI is InChI=1S/C15H16N2O3/c1-19-13-6-3-7-14(9-13)20-10-15(18)17-12-5-2-4-11(16)8-12/h2-9H,10,16H2,1H3,(H,17,18). The first-order valence-electron chi connectivity index (χ1n) is 6.09. The Balaban J connectivity index is 1.88. The van der Waals surface area contributed by atoms with E-state index in [9.17, 15) is 4.79 Å². The van der Waals surface area contributed by atoms with Crippen molar-refractivity contribution >= 4 is 17.3 Å². The summed E-state index contributed by atoms with van der Waals surface area (Å²) in [4.78, 5) is 11.7. The van der Waals surface area contributed by atoms with Crippen LogP contribution in [-0.2, 0) is 4.79 Å². The molecule has 2 aromatic rings. The molecule has 3 N–H and O–H groups in total. The van der Waals surface area contributed by atoms with Crippen LogP contribution in [0, 0.1) is 0 Å². The van der Waals surface area contributed by atoms with Gasteiger partial charge in [-0.2, -0.15) is 0 Å². The van der Waals surface area contributed by atoms with E-state index in [1.54, 1.807) is 55.6 Å². The van der Waals surface area contributed by atoms with Crippen molar-refractivity contribution in [2.45, 2.75) is 0 Å². The molecule has 5 heteroatoms. The average molecular weight is 272 g/mol. The van der Waals surface area contributed by atoms with Gasteiger partial charge in [0.1, 0.15) is 11.5 Å². The smallest absolute Gasteiger partial charge is 0.262 e. The van der Waals surface area contributed by atoms with Gasteiger partial charge < -0.3 is 20.5 Å². The number of ether oxygens (including phenoxy) is 2. The second-order valence-electron chi connectivity index (χ2n) is 4.14. The van der Waals surface area contributed by atoms with Crippen molar-refractivity contribution in [3.8, 4) is 11.5 Å². The van der Waals surface area contributed by atoms with Gasteiger partial charge in [-0.25, -0.2) is 0 Å². The van der Waals surface area contributed by atoms with E-state index < -0.39 is 0 Å². The largest absolute Gasteiger partial charge is 0.497 e. The minimum absolute atomic E-state index is 0.0814. The van der Waals surface area contributed by atoms with Crippen LogP contribution in [0.25, 0.3) is 0 Å². The van der Waals surface area contributed by atoms with Gasteiger partial charge in [0.25, 0.3) is 5.91 Å². The molecule has 0 aromatic heterocycles. The highest BCUT2D eigenvalue weighted by atomic mass is 16.5. The number of carbonyl (C=O) groups is 1. The molecule has 2 rings (SSSR count). The summed E-state index contributed by atoms with van der Waals surface area (Å²) in [7, 11) is 1.58. The predicted molar refractivity (Wildman–Crippen MR) is 78.0 cm³/mol. The number of hydrogen-bond acceptors (Lipinski definition) is 4. The number of methoxy groups -OCH3 is 1. The van der Waals surface area contributed by atoms with E-state index in [4.69, 9.17) is 15.2 Å². The summed E-state index contributed by atoms with van der Waals surface area (Å²) in [5.41, 5.74) is 6.87. The Morgan fingerprint density at radius 2 is 1.90 bits per heavy atom. The molecule has 0 fully saturated rings. The van der Waals surface area contributed by atoms with E-state index in [0.29, 0.717) is 22.9 Å². The van der Waals surface area contributed by atoms with Crippen LogP contribution in [0.15, 0.2) is 48.5 Å². The molecule has 0 aliphatic carbocycles. The van der Waals surface area contributed by atoms with E-state index in [1.807, 2.05) is 0 Å². The van der Waals surface area contributed by atoms with E-state index in [1.165, 1.54) is 0 Å². The lowest BCUT2D eigenvalue weighted by molar-refractivity contribution is -0.118. The number of amides is 1. The Labute approximate surface area is 117 Å². The zero-order valence-electron chi connectivity index (χ0n) is 11.1. The second kappa shape index (κ2) is 6.47. The van der Waals surface area contributed by atoms with Crippen LogP contribution in [0.4, 0.5) is 11.4 Å². The third-order valence-electron chi connectivity index (χ3n) is 2.58. The van der Waals surface area contributed by atoms with E-state index >= 15 is 0 Å². The van der Waals surface area contributed by atoms with Crippen LogP contribution in [0.3, 0.4) is 0 Å². The summed E-state index contributed by atoms with van der Waals surface area (Å²) in [5.74, 6) is 1.00. The lowest BCUT2D eigenvalue weighted by Crippen LogP contribution is -2.20. The van der Waals surface area contributed by atoms with E-state index in [0.717, 1.165) is 0 Å². The molecule has 0 aliphatic rings. The zero-order chi connectivity index (χ0) is 14.4. The fourth-order valence-electron chi connectivity index (χ4n) is 1.65. The minimum Gasteiger partial charge on any atom is -0.497 e. The normalized spacial score (nSPS) is 9.85. The molecule has 0 atom stereocenters. The Hall–Kier alpha value is -2.69. The Kier molecular flexibility index (Phi) is 4.44. The van der Waals surface area contributed by atoms with Crippen molar-refractivity contribution in [3.05, 3.63) is 48.5 Å². The van der Waals surface area contributed by atoms with Crippen LogP contribution in [-0.4, -0.2) is 19.6 Å².